The molecule has 1 aliphatic heterocycles. The number of oxime groups is 1. The van der Waals surface area contributed by atoms with E-state index in [4.69, 9.17) is 9.57 Å². The van der Waals surface area contributed by atoms with Gasteiger partial charge in [-0.15, -0.1) is 0 Å². The fourth-order valence-electron chi connectivity index (χ4n) is 2.97. The number of nitrogens with one attached hydrogen (secondary N) is 1. The first-order valence-electron chi connectivity index (χ1n) is 10.4. The van der Waals surface area contributed by atoms with Crippen molar-refractivity contribution >= 4 is 17.6 Å². The maximum absolute atomic E-state index is 12.1. The summed E-state index contributed by atoms with van der Waals surface area (Å²) in [5.74, 6) is 0.202. The van der Waals surface area contributed by atoms with Crippen LogP contribution in [0.1, 0.15) is 64.9 Å². The number of rotatable bonds is 11. The normalized spacial score (nSPS) is 15.6. The summed E-state index contributed by atoms with van der Waals surface area (Å²) in [4.78, 5) is 29.1. The lowest BCUT2D eigenvalue weighted by Crippen LogP contribution is -2.29. The van der Waals surface area contributed by atoms with Gasteiger partial charge in [0.15, 0.2) is 5.60 Å². The van der Waals surface area contributed by atoms with E-state index < -0.39 is 11.7 Å². The number of nitrogens with zero attached hydrogens (tertiary/aromatic N) is 1. The Hall–Kier alpha value is -2.63. The number of ether oxygens (including phenoxy) is 1. The summed E-state index contributed by atoms with van der Waals surface area (Å²) >= 11 is 0. The van der Waals surface area contributed by atoms with Crippen molar-refractivity contribution in [1.29, 1.82) is 0 Å². The maximum atomic E-state index is 12.1. The lowest BCUT2D eigenvalue weighted by Gasteiger charge is -2.18. The first-order chi connectivity index (χ1) is 13.9. The van der Waals surface area contributed by atoms with Crippen LogP contribution in [-0.2, 0) is 20.8 Å². The molecule has 0 saturated carbocycles. The van der Waals surface area contributed by atoms with Gasteiger partial charge < -0.3 is 10.1 Å². The van der Waals surface area contributed by atoms with Crippen molar-refractivity contribution in [2.45, 2.75) is 71.3 Å². The predicted octanol–water partition coefficient (Wildman–Crippen LogP) is 4.93. The van der Waals surface area contributed by atoms with Crippen LogP contribution in [0.3, 0.4) is 0 Å². The van der Waals surface area contributed by atoms with Crippen LogP contribution in [0.25, 0.3) is 0 Å². The highest BCUT2D eigenvalue weighted by Crippen LogP contribution is 2.26. The highest BCUT2D eigenvalue weighted by atomic mass is 16.7. The van der Waals surface area contributed by atoms with Crippen molar-refractivity contribution in [3.05, 3.63) is 47.7 Å². The number of carbonyl (C=O) groups is 2. The van der Waals surface area contributed by atoms with E-state index in [0.717, 1.165) is 18.4 Å². The van der Waals surface area contributed by atoms with Crippen LogP contribution < -0.4 is 5.32 Å². The molecule has 1 amide bonds. The van der Waals surface area contributed by atoms with Gasteiger partial charge in [-0.25, -0.2) is 4.79 Å². The van der Waals surface area contributed by atoms with E-state index in [0.29, 0.717) is 24.4 Å². The number of hydrogen-bond donors (Lipinski definition) is 1. The van der Waals surface area contributed by atoms with E-state index >= 15 is 0 Å². The van der Waals surface area contributed by atoms with Gasteiger partial charge in [0.2, 0.25) is 5.78 Å². The Morgan fingerprint density at radius 2 is 1.79 bits per heavy atom. The standard InChI is InChI=1S/C23H32N2O4/c1-4-5-6-7-8-12-15-24-22(27)29-25-19(16-18-13-10-9-11-14-18)20-17-21(26)23(2,3)28-20/h9-11,13-14,17H,4-8,12,15-16H2,1-3H3,(H,24,27)/b25-19-. The molecule has 6 heteroatoms. The van der Waals surface area contributed by atoms with Crippen LogP contribution >= 0.6 is 0 Å². The Bertz CT molecular complexity index is 739. The second kappa shape index (κ2) is 11.4. The second-order valence-corrected chi connectivity index (χ2v) is 7.76. The molecule has 2 rings (SSSR count). The summed E-state index contributed by atoms with van der Waals surface area (Å²) in [6, 6.07) is 9.64. The number of ketones is 1. The number of hydrogen-bond acceptors (Lipinski definition) is 5. The van der Waals surface area contributed by atoms with Gasteiger partial charge in [0.1, 0.15) is 11.5 Å². The molecule has 6 nitrogen and oxygen atoms in total. The van der Waals surface area contributed by atoms with Gasteiger partial charge in [0, 0.05) is 19.0 Å². The van der Waals surface area contributed by atoms with E-state index in [1.165, 1.54) is 31.8 Å². The number of carbonyl (C=O) groups excluding carboxylic acids is 2. The minimum Gasteiger partial charge on any atom is -0.478 e. The molecule has 158 valence electrons. The van der Waals surface area contributed by atoms with Gasteiger partial charge in [-0.3, -0.25) is 9.63 Å². The molecule has 1 heterocycles. The Balaban J connectivity index is 1.91. The molecule has 0 atom stereocenters. The summed E-state index contributed by atoms with van der Waals surface area (Å²) in [5, 5.41) is 6.71. The van der Waals surface area contributed by atoms with E-state index in [-0.39, 0.29) is 5.78 Å². The molecule has 0 spiro atoms. The smallest absolute Gasteiger partial charge is 0.433 e. The highest BCUT2D eigenvalue weighted by molar-refractivity contribution is 6.10. The molecule has 0 fully saturated rings. The van der Waals surface area contributed by atoms with Crippen molar-refractivity contribution in [3.8, 4) is 0 Å². The molecule has 0 radical (unpaired) electrons. The highest BCUT2D eigenvalue weighted by Gasteiger charge is 2.37. The number of benzene rings is 1. The third-order valence-corrected chi connectivity index (χ3v) is 4.76. The topological polar surface area (TPSA) is 77.0 Å². The zero-order valence-corrected chi connectivity index (χ0v) is 17.7. The summed E-state index contributed by atoms with van der Waals surface area (Å²) in [6.45, 7) is 6.15. The van der Waals surface area contributed by atoms with Crippen LogP contribution in [0.4, 0.5) is 4.79 Å². The van der Waals surface area contributed by atoms with Crippen LogP contribution in [0.2, 0.25) is 0 Å². The van der Waals surface area contributed by atoms with E-state index in [1.54, 1.807) is 13.8 Å². The zero-order chi connectivity index (χ0) is 21.1. The average Bonchev–Trinajstić information content (AvgIpc) is 2.97. The average molecular weight is 401 g/mol. The van der Waals surface area contributed by atoms with Gasteiger partial charge in [-0.2, -0.15) is 0 Å². The fourth-order valence-corrected chi connectivity index (χ4v) is 2.97. The molecule has 0 unspecified atom stereocenters. The number of allylic oxidation sites excluding steroid dienone is 1. The first-order valence-corrected chi connectivity index (χ1v) is 10.4. The van der Waals surface area contributed by atoms with Crippen molar-refractivity contribution in [1.82, 2.24) is 5.32 Å². The Labute approximate surface area is 173 Å². The molecule has 1 aromatic rings. The molecule has 0 aliphatic carbocycles. The predicted molar refractivity (Wildman–Crippen MR) is 114 cm³/mol. The molecular weight excluding hydrogens is 368 g/mol. The minimum atomic E-state index is -0.938. The first kappa shape index (κ1) is 22.7. The fraction of sp³-hybridized carbons (Fsp3) is 0.522. The quantitative estimate of drug-likeness (QED) is 0.247. The van der Waals surface area contributed by atoms with E-state index in [1.807, 2.05) is 30.3 Å². The largest absolute Gasteiger partial charge is 0.478 e. The third kappa shape index (κ3) is 7.72. The Morgan fingerprint density at radius 1 is 1.10 bits per heavy atom. The summed E-state index contributed by atoms with van der Waals surface area (Å²) < 4.78 is 5.74. The molecule has 0 aromatic heterocycles. The summed E-state index contributed by atoms with van der Waals surface area (Å²) in [6.07, 6.45) is 8.09. The van der Waals surface area contributed by atoms with Gasteiger partial charge in [0.05, 0.1) is 0 Å². The summed E-state index contributed by atoms with van der Waals surface area (Å²) in [5.41, 5.74) is 0.446. The third-order valence-electron chi connectivity index (χ3n) is 4.76. The molecule has 0 saturated heterocycles. The molecule has 1 aromatic carbocycles. The second-order valence-electron chi connectivity index (χ2n) is 7.76. The van der Waals surface area contributed by atoms with Crippen molar-refractivity contribution in [2.75, 3.05) is 6.54 Å². The van der Waals surface area contributed by atoms with E-state index in [2.05, 4.69) is 17.4 Å². The number of amides is 1. The molecule has 1 N–H and O–H groups in total. The van der Waals surface area contributed by atoms with Crippen LogP contribution in [0, 0.1) is 0 Å². The van der Waals surface area contributed by atoms with Gasteiger partial charge >= 0.3 is 6.09 Å². The van der Waals surface area contributed by atoms with Gasteiger partial charge in [-0.1, -0.05) is 74.5 Å². The monoisotopic (exact) mass is 400 g/mol. The Kier molecular flexibility index (Phi) is 8.90. The minimum absolute atomic E-state index is 0.138. The zero-order valence-electron chi connectivity index (χ0n) is 17.7. The maximum Gasteiger partial charge on any atom is 0.433 e. The lowest BCUT2D eigenvalue weighted by molar-refractivity contribution is -0.126. The summed E-state index contributed by atoms with van der Waals surface area (Å²) in [7, 11) is 0. The van der Waals surface area contributed by atoms with Crippen molar-refractivity contribution in [3.63, 3.8) is 0 Å². The molecule has 29 heavy (non-hydrogen) atoms. The lowest BCUT2D eigenvalue weighted by atomic mass is 10.1. The molecule has 0 bridgehead atoms. The van der Waals surface area contributed by atoms with Crippen LogP contribution in [0.15, 0.2) is 47.3 Å². The van der Waals surface area contributed by atoms with Gasteiger partial charge in [0.25, 0.3) is 0 Å². The molecule has 1 aliphatic rings. The van der Waals surface area contributed by atoms with Gasteiger partial charge in [-0.05, 0) is 25.8 Å². The van der Waals surface area contributed by atoms with E-state index in [9.17, 15) is 9.59 Å². The van der Waals surface area contributed by atoms with Crippen molar-refractivity contribution in [2.24, 2.45) is 5.16 Å². The molecular formula is C23H32N2O4. The van der Waals surface area contributed by atoms with Crippen LogP contribution in [-0.4, -0.2) is 29.7 Å². The number of unbranched alkanes of at least 4 members (excludes halogenated alkanes) is 5. The Morgan fingerprint density at radius 3 is 2.45 bits per heavy atom. The SMILES string of the molecule is CCCCCCCCNC(=O)O/N=C(/Cc1ccccc1)C1=CC(=O)C(C)(C)O1. The van der Waals surface area contributed by atoms with Crippen LogP contribution in [0.5, 0.6) is 0 Å². The van der Waals surface area contributed by atoms with Crippen molar-refractivity contribution < 1.29 is 19.2 Å².